The van der Waals surface area contributed by atoms with Gasteiger partial charge in [-0.25, -0.2) is 0 Å². The predicted octanol–water partition coefficient (Wildman–Crippen LogP) is 4.20. The molecular formula is C17H17F3N2O2. The minimum Gasteiger partial charge on any atom is -0.404 e. The summed E-state index contributed by atoms with van der Waals surface area (Å²) in [6.45, 7) is 1.78. The summed E-state index contributed by atoms with van der Waals surface area (Å²) < 4.78 is 41.0. The van der Waals surface area contributed by atoms with Crippen LogP contribution in [0, 0.1) is 0 Å². The summed E-state index contributed by atoms with van der Waals surface area (Å²) in [4.78, 5) is 12.0. The monoisotopic (exact) mass is 338 g/mol. The molecule has 0 saturated heterocycles. The van der Waals surface area contributed by atoms with E-state index in [-0.39, 0.29) is 23.9 Å². The number of nitrogens with one attached hydrogen (secondary N) is 2. The van der Waals surface area contributed by atoms with E-state index in [0.29, 0.717) is 5.69 Å². The number of carbonyl (C=O) groups excluding carboxylic acids is 1. The molecule has 2 aromatic rings. The van der Waals surface area contributed by atoms with Crippen LogP contribution in [-0.2, 0) is 11.2 Å². The van der Waals surface area contributed by atoms with Crippen molar-refractivity contribution < 1.29 is 22.7 Å². The summed E-state index contributed by atoms with van der Waals surface area (Å²) in [5, 5.41) is 5.39. The fourth-order valence-corrected chi connectivity index (χ4v) is 2.15. The lowest BCUT2D eigenvalue weighted by Gasteiger charge is -2.15. The molecule has 0 bridgehead atoms. The molecule has 7 heteroatoms. The van der Waals surface area contributed by atoms with E-state index in [1.807, 2.05) is 19.1 Å². The summed E-state index contributed by atoms with van der Waals surface area (Å²) >= 11 is 0. The van der Waals surface area contributed by atoms with Gasteiger partial charge in [0.25, 0.3) is 0 Å². The lowest BCUT2D eigenvalue weighted by atomic mass is 10.1. The van der Waals surface area contributed by atoms with Gasteiger partial charge in [-0.1, -0.05) is 37.3 Å². The first-order chi connectivity index (χ1) is 11.4. The number of aryl methyl sites for hydroxylation is 1. The van der Waals surface area contributed by atoms with Crippen molar-refractivity contribution in [2.24, 2.45) is 0 Å². The number of benzene rings is 2. The van der Waals surface area contributed by atoms with Gasteiger partial charge in [-0.3, -0.25) is 4.79 Å². The normalized spacial score (nSPS) is 11.0. The van der Waals surface area contributed by atoms with Crippen molar-refractivity contribution in [2.75, 3.05) is 17.2 Å². The van der Waals surface area contributed by atoms with Gasteiger partial charge in [-0.2, -0.15) is 0 Å². The Morgan fingerprint density at radius 2 is 1.67 bits per heavy atom. The van der Waals surface area contributed by atoms with Gasteiger partial charge in [0.05, 0.1) is 12.2 Å². The molecule has 2 aromatic carbocycles. The number of rotatable bonds is 6. The van der Waals surface area contributed by atoms with Gasteiger partial charge >= 0.3 is 6.36 Å². The molecule has 1 amide bonds. The highest BCUT2D eigenvalue weighted by molar-refractivity contribution is 5.94. The average Bonchev–Trinajstić information content (AvgIpc) is 2.53. The molecule has 0 spiro atoms. The first-order valence-electron chi connectivity index (χ1n) is 7.35. The highest BCUT2D eigenvalue weighted by Gasteiger charge is 2.32. The maximum atomic E-state index is 12.4. The van der Waals surface area contributed by atoms with Crippen LogP contribution in [0.5, 0.6) is 5.75 Å². The van der Waals surface area contributed by atoms with Crippen LogP contribution in [0.4, 0.5) is 24.5 Å². The van der Waals surface area contributed by atoms with Crippen LogP contribution in [0.15, 0.2) is 48.5 Å². The molecule has 0 aliphatic rings. The maximum Gasteiger partial charge on any atom is 0.573 e. The number of hydrogen-bond donors (Lipinski definition) is 2. The third-order valence-corrected chi connectivity index (χ3v) is 3.22. The number of hydrogen-bond acceptors (Lipinski definition) is 3. The van der Waals surface area contributed by atoms with Gasteiger partial charge in [-0.05, 0) is 30.2 Å². The van der Waals surface area contributed by atoms with Gasteiger partial charge in [0.15, 0.2) is 5.75 Å². The molecule has 0 unspecified atom stereocenters. The zero-order valence-electron chi connectivity index (χ0n) is 13.0. The number of amides is 1. The fourth-order valence-electron chi connectivity index (χ4n) is 2.15. The summed E-state index contributed by atoms with van der Waals surface area (Å²) in [5.74, 6) is -0.746. The van der Waals surface area contributed by atoms with Crippen molar-refractivity contribution in [1.29, 1.82) is 0 Å². The predicted molar refractivity (Wildman–Crippen MR) is 86.1 cm³/mol. The number of ether oxygens (including phenoxy) is 1. The van der Waals surface area contributed by atoms with Gasteiger partial charge < -0.3 is 15.4 Å². The number of carbonyl (C=O) groups is 1. The SMILES string of the molecule is CCc1ccccc1NC(=O)CNc1ccccc1OC(F)(F)F. The molecule has 0 fully saturated rings. The minimum atomic E-state index is -4.79. The number of alkyl halides is 3. The Kier molecular flexibility index (Phi) is 5.68. The van der Waals surface area contributed by atoms with Crippen LogP contribution >= 0.6 is 0 Å². The Bertz CT molecular complexity index is 702. The zero-order valence-corrected chi connectivity index (χ0v) is 13.0. The molecule has 2 rings (SSSR count). The van der Waals surface area contributed by atoms with Crippen LogP contribution in [0.25, 0.3) is 0 Å². The highest BCUT2D eigenvalue weighted by Crippen LogP contribution is 2.29. The van der Waals surface area contributed by atoms with Crippen LogP contribution < -0.4 is 15.4 Å². The molecule has 0 aromatic heterocycles. The quantitative estimate of drug-likeness (QED) is 0.830. The lowest BCUT2D eigenvalue weighted by Crippen LogP contribution is -2.23. The van der Waals surface area contributed by atoms with E-state index >= 15 is 0 Å². The third-order valence-electron chi connectivity index (χ3n) is 3.22. The van der Waals surface area contributed by atoms with Crippen molar-refractivity contribution in [2.45, 2.75) is 19.7 Å². The van der Waals surface area contributed by atoms with E-state index < -0.39 is 6.36 Å². The Balaban J connectivity index is 1.99. The highest BCUT2D eigenvalue weighted by atomic mass is 19.4. The summed E-state index contributed by atoms with van der Waals surface area (Å²) in [7, 11) is 0. The minimum absolute atomic E-state index is 0.0914. The second-order valence-electron chi connectivity index (χ2n) is 4.96. The summed E-state index contributed by atoms with van der Waals surface area (Å²) in [6, 6.07) is 12.9. The van der Waals surface area contributed by atoms with Gasteiger partial charge in [0, 0.05) is 5.69 Å². The first kappa shape index (κ1) is 17.7. The number of anilines is 2. The zero-order chi connectivity index (χ0) is 17.6. The Morgan fingerprint density at radius 3 is 2.33 bits per heavy atom. The maximum absolute atomic E-state index is 12.4. The van der Waals surface area contributed by atoms with E-state index in [2.05, 4.69) is 15.4 Å². The summed E-state index contributed by atoms with van der Waals surface area (Å²) in [5.41, 5.74) is 1.76. The molecule has 0 radical (unpaired) electrons. The Labute approximate surface area is 137 Å². The van der Waals surface area contributed by atoms with Gasteiger partial charge in [-0.15, -0.1) is 13.2 Å². The summed E-state index contributed by atoms with van der Waals surface area (Å²) in [6.07, 6.45) is -4.04. The van der Waals surface area contributed by atoms with E-state index in [9.17, 15) is 18.0 Å². The average molecular weight is 338 g/mol. The largest absolute Gasteiger partial charge is 0.573 e. The molecule has 4 nitrogen and oxygen atoms in total. The van der Waals surface area contributed by atoms with E-state index in [1.165, 1.54) is 18.2 Å². The first-order valence-corrected chi connectivity index (χ1v) is 7.35. The van der Waals surface area contributed by atoms with Gasteiger partial charge in [0.1, 0.15) is 0 Å². The Morgan fingerprint density at radius 1 is 1.04 bits per heavy atom. The second kappa shape index (κ2) is 7.72. The molecule has 0 aliphatic heterocycles. The standard InChI is InChI=1S/C17H17F3N2O2/c1-2-12-7-3-4-8-13(12)22-16(23)11-21-14-9-5-6-10-15(14)24-17(18,19)20/h3-10,21H,2,11H2,1H3,(H,22,23). The van der Waals surface area contributed by atoms with Crippen molar-refractivity contribution in [3.05, 3.63) is 54.1 Å². The molecule has 128 valence electrons. The van der Waals surface area contributed by atoms with Gasteiger partial charge in [0.2, 0.25) is 5.91 Å². The molecule has 0 heterocycles. The molecule has 0 aliphatic carbocycles. The van der Waals surface area contributed by atoms with E-state index in [0.717, 1.165) is 12.0 Å². The van der Waals surface area contributed by atoms with E-state index in [4.69, 9.17) is 0 Å². The smallest absolute Gasteiger partial charge is 0.404 e. The molecule has 2 N–H and O–H groups in total. The second-order valence-corrected chi connectivity index (χ2v) is 4.96. The molecule has 0 saturated carbocycles. The Hall–Kier alpha value is -2.70. The topological polar surface area (TPSA) is 50.4 Å². The molecular weight excluding hydrogens is 321 g/mol. The lowest BCUT2D eigenvalue weighted by molar-refractivity contribution is -0.274. The van der Waals surface area contributed by atoms with Crippen LogP contribution in [-0.4, -0.2) is 18.8 Å². The van der Waals surface area contributed by atoms with E-state index in [1.54, 1.807) is 18.2 Å². The van der Waals surface area contributed by atoms with Crippen LogP contribution in [0.3, 0.4) is 0 Å². The number of halogens is 3. The van der Waals surface area contributed by atoms with Crippen molar-refractivity contribution in [1.82, 2.24) is 0 Å². The van der Waals surface area contributed by atoms with Crippen molar-refractivity contribution in [3.8, 4) is 5.75 Å². The van der Waals surface area contributed by atoms with Crippen molar-refractivity contribution in [3.63, 3.8) is 0 Å². The van der Waals surface area contributed by atoms with Crippen LogP contribution in [0.1, 0.15) is 12.5 Å². The third kappa shape index (κ3) is 5.19. The number of para-hydroxylation sites is 3. The van der Waals surface area contributed by atoms with Crippen molar-refractivity contribution >= 4 is 17.3 Å². The molecule has 24 heavy (non-hydrogen) atoms. The molecule has 0 atom stereocenters. The fraction of sp³-hybridized carbons (Fsp3) is 0.235. The van der Waals surface area contributed by atoms with Crippen LogP contribution in [0.2, 0.25) is 0 Å².